The zero-order valence-corrected chi connectivity index (χ0v) is 16.8. The highest BCUT2D eigenvalue weighted by Crippen LogP contribution is 2.21. The van der Waals surface area contributed by atoms with Gasteiger partial charge in [-0.3, -0.25) is 20.4 Å². The van der Waals surface area contributed by atoms with Crippen molar-refractivity contribution in [3.63, 3.8) is 0 Å². The van der Waals surface area contributed by atoms with Gasteiger partial charge in [-0.05, 0) is 43.5 Å². The average Bonchev–Trinajstić information content (AvgIpc) is 3.11. The Morgan fingerprint density at radius 2 is 1.93 bits per heavy atom. The molecule has 2 aromatic rings. The molecule has 0 fully saturated rings. The normalized spacial score (nSPS) is 10.5. The number of rotatable bonds is 10. The molecule has 2 N–H and O–H groups in total. The first-order valence-corrected chi connectivity index (χ1v) is 9.63. The molecule has 0 bridgehead atoms. The minimum absolute atomic E-state index is 0.146. The van der Waals surface area contributed by atoms with Gasteiger partial charge in [0.05, 0.1) is 6.61 Å². The van der Waals surface area contributed by atoms with Gasteiger partial charge >= 0.3 is 0 Å². The maximum atomic E-state index is 11.8. The number of amides is 2. The van der Waals surface area contributed by atoms with Crippen LogP contribution in [-0.2, 0) is 22.4 Å². The minimum Gasteiger partial charge on any atom is -0.493 e. The van der Waals surface area contributed by atoms with E-state index in [4.69, 9.17) is 20.9 Å². The van der Waals surface area contributed by atoms with Crippen LogP contribution in [-0.4, -0.2) is 28.6 Å². The Bertz CT molecular complexity index is 794. The molecule has 0 aliphatic heterocycles. The molecule has 2 rings (SSSR count). The molecule has 0 saturated heterocycles. The monoisotopic (exact) mass is 408 g/mol. The van der Waals surface area contributed by atoms with Crippen molar-refractivity contribution < 1.29 is 18.8 Å². The standard InChI is InChI=1S/C19H25ClN4O4/c1-3-5-16-21-19(28-24-16)10-9-18(26)23-22-17(25)6-4-11-27-15-8-7-14(20)12-13(15)2/h7-8,12H,3-6,9-11H2,1-2H3,(H,22,25)(H,23,26). The molecule has 1 aromatic carbocycles. The highest BCUT2D eigenvalue weighted by molar-refractivity contribution is 6.30. The van der Waals surface area contributed by atoms with Crippen molar-refractivity contribution in [2.24, 2.45) is 0 Å². The smallest absolute Gasteiger partial charge is 0.238 e. The van der Waals surface area contributed by atoms with Crippen molar-refractivity contribution in [2.75, 3.05) is 6.61 Å². The Morgan fingerprint density at radius 1 is 1.18 bits per heavy atom. The number of carbonyl (C=O) groups excluding carboxylic acids is 2. The van der Waals surface area contributed by atoms with E-state index in [9.17, 15) is 9.59 Å². The minimum atomic E-state index is -0.323. The number of benzene rings is 1. The van der Waals surface area contributed by atoms with Crippen LogP contribution in [0.5, 0.6) is 5.75 Å². The van der Waals surface area contributed by atoms with Crippen molar-refractivity contribution >= 4 is 23.4 Å². The molecule has 0 radical (unpaired) electrons. The lowest BCUT2D eigenvalue weighted by Crippen LogP contribution is -2.41. The van der Waals surface area contributed by atoms with Crippen LogP contribution in [0.3, 0.4) is 0 Å². The summed E-state index contributed by atoms with van der Waals surface area (Å²) in [6, 6.07) is 5.37. The molecule has 0 saturated carbocycles. The number of nitrogens with zero attached hydrogens (tertiary/aromatic N) is 2. The third-order valence-corrected chi connectivity index (χ3v) is 4.07. The summed E-state index contributed by atoms with van der Waals surface area (Å²) >= 11 is 5.90. The molecule has 28 heavy (non-hydrogen) atoms. The summed E-state index contributed by atoms with van der Waals surface area (Å²) in [6.45, 7) is 4.32. The first-order chi connectivity index (χ1) is 13.5. The van der Waals surface area contributed by atoms with Gasteiger partial charge in [-0.15, -0.1) is 0 Å². The van der Waals surface area contributed by atoms with Gasteiger partial charge in [-0.25, -0.2) is 0 Å². The van der Waals surface area contributed by atoms with Gasteiger partial charge in [-0.1, -0.05) is 23.7 Å². The number of hydrazine groups is 1. The molecule has 0 spiro atoms. The zero-order valence-electron chi connectivity index (χ0n) is 16.1. The second-order valence-corrected chi connectivity index (χ2v) is 6.75. The topological polar surface area (TPSA) is 106 Å². The maximum Gasteiger partial charge on any atom is 0.238 e. The number of hydrogen-bond acceptors (Lipinski definition) is 6. The summed E-state index contributed by atoms with van der Waals surface area (Å²) in [5.41, 5.74) is 5.70. The van der Waals surface area contributed by atoms with Crippen LogP contribution in [0.4, 0.5) is 0 Å². The van der Waals surface area contributed by atoms with Crippen LogP contribution < -0.4 is 15.6 Å². The zero-order chi connectivity index (χ0) is 20.4. The quantitative estimate of drug-likeness (QED) is 0.462. The molecular weight excluding hydrogens is 384 g/mol. The maximum absolute atomic E-state index is 11.8. The van der Waals surface area contributed by atoms with E-state index >= 15 is 0 Å². The van der Waals surface area contributed by atoms with Gasteiger partial charge in [0.25, 0.3) is 0 Å². The lowest BCUT2D eigenvalue weighted by molar-refractivity contribution is -0.129. The third-order valence-electron chi connectivity index (χ3n) is 3.83. The molecule has 1 aromatic heterocycles. The summed E-state index contributed by atoms with van der Waals surface area (Å²) in [5.74, 6) is 1.19. The third kappa shape index (κ3) is 7.56. The van der Waals surface area contributed by atoms with E-state index in [-0.39, 0.29) is 24.7 Å². The largest absolute Gasteiger partial charge is 0.493 e. The highest BCUT2D eigenvalue weighted by Gasteiger charge is 2.10. The number of aromatic nitrogens is 2. The molecule has 8 nitrogen and oxygen atoms in total. The van der Waals surface area contributed by atoms with Crippen molar-refractivity contribution in [3.05, 3.63) is 40.5 Å². The fourth-order valence-electron chi connectivity index (χ4n) is 2.39. The molecule has 0 aliphatic carbocycles. The number of carbonyl (C=O) groups is 2. The summed E-state index contributed by atoms with van der Waals surface area (Å²) in [4.78, 5) is 27.7. The molecule has 0 unspecified atom stereocenters. The Hall–Kier alpha value is -2.61. The predicted molar refractivity (Wildman–Crippen MR) is 104 cm³/mol. The van der Waals surface area contributed by atoms with E-state index in [0.717, 1.165) is 24.2 Å². The van der Waals surface area contributed by atoms with Crippen LogP contribution in [0, 0.1) is 6.92 Å². The van der Waals surface area contributed by atoms with E-state index in [0.29, 0.717) is 36.2 Å². The van der Waals surface area contributed by atoms with Crippen molar-refractivity contribution in [2.45, 2.75) is 52.4 Å². The fourth-order valence-corrected chi connectivity index (χ4v) is 2.62. The summed E-state index contributed by atoms with van der Waals surface area (Å²) < 4.78 is 10.7. The highest BCUT2D eigenvalue weighted by atomic mass is 35.5. The van der Waals surface area contributed by atoms with Gasteiger partial charge in [-0.2, -0.15) is 4.98 Å². The fraction of sp³-hybridized carbons (Fsp3) is 0.474. The van der Waals surface area contributed by atoms with Crippen molar-refractivity contribution in [1.29, 1.82) is 0 Å². The van der Waals surface area contributed by atoms with E-state index in [1.54, 1.807) is 12.1 Å². The molecule has 152 valence electrons. The second-order valence-electron chi connectivity index (χ2n) is 6.31. The molecular formula is C19H25ClN4O4. The number of nitrogens with one attached hydrogen (secondary N) is 2. The SMILES string of the molecule is CCCc1noc(CCC(=O)NNC(=O)CCCOc2ccc(Cl)cc2C)n1. The van der Waals surface area contributed by atoms with E-state index in [1.807, 2.05) is 19.9 Å². The van der Waals surface area contributed by atoms with Crippen LogP contribution in [0.1, 0.15) is 49.9 Å². The molecule has 0 atom stereocenters. The second kappa shape index (κ2) is 11.3. The predicted octanol–water partition coefficient (Wildman–Crippen LogP) is 2.92. The van der Waals surface area contributed by atoms with Gasteiger partial charge in [0.1, 0.15) is 5.75 Å². The summed E-state index contributed by atoms with van der Waals surface area (Å²) in [7, 11) is 0. The van der Waals surface area contributed by atoms with Gasteiger partial charge < -0.3 is 9.26 Å². The number of halogens is 1. The lowest BCUT2D eigenvalue weighted by Gasteiger charge is -2.10. The Kier molecular flexibility index (Phi) is 8.74. The number of ether oxygens (including phenoxy) is 1. The van der Waals surface area contributed by atoms with Crippen LogP contribution in [0.2, 0.25) is 5.02 Å². The Balaban J connectivity index is 1.57. The van der Waals surface area contributed by atoms with Crippen LogP contribution in [0.15, 0.2) is 22.7 Å². The van der Waals surface area contributed by atoms with Crippen LogP contribution >= 0.6 is 11.6 Å². The average molecular weight is 409 g/mol. The van der Waals surface area contributed by atoms with E-state index in [1.165, 1.54) is 0 Å². The number of aryl methyl sites for hydroxylation is 3. The van der Waals surface area contributed by atoms with Crippen molar-refractivity contribution in [1.82, 2.24) is 21.0 Å². The van der Waals surface area contributed by atoms with Gasteiger partial charge in [0.2, 0.25) is 17.7 Å². The number of hydrogen-bond donors (Lipinski definition) is 2. The first kappa shape index (κ1) is 21.7. The van der Waals surface area contributed by atoms with E-state index < -0.39 is 0 Å². The molecule has 9 heteroatoms. The first-order valence-electron chi connectivity index (χ1n) is 9.26. The van der Waals surface area contributed by atoms with Crippen molar-refractivity contribution in [3.8, 4) is 5.75 Å². The Morgan fingerprint density at radius 3 is 2.64 bits per heavy atom. The van der Waals surface area contributed by atoms with Gasteiger partial charge in [0.15, 0.2) is 5.82 Å². The summed E-state index contributed by atoms with van der Waals surface area (Å²) in [5, 5.41) is 4.48. The molecule has 0 aliphatic rings. The lowest BCUT2D eigenvalue weighted by atomic mass is 10.2. The summed E-state index contributed by atoms with van der Waals surface area (Å²) in [6.07, 6.45) is 2.89. The van der Waals surface area contributed by atoms with E-state index in [2.05, 4.69) is 21.0 Å². The molecule has 2 amide bonds. The van der Waals surface area contributed by atoms with Crippen LogP contribution in [0.25, 0.3) is 0 Å². The Labute approximate surface area is 168 Å². The molecule has 1 heterocycles. The van der Waals surface area contributed by atoms with Gasteiger partial charge in [0, 0.05) is 30.7 Å².